The SMILES string of the molecule is CC1OCCC1C(N)Cc1ccc(F)cc1Cl. The molecule has 2 N–H and O–H groups in total. The zero-order valence-corrected chi connectivity index (χ0v) is 10.6. The fourth-order valence-corrected chi connectivity index (χ4v) is 2.65. The number of nitrogens with two attached hydrogens (primary N) is 1. The molecule has 1 aromatic carbocycles. The Morgan fingerprint density at radius 3 is 2.94 bits per heavy atom. The largest absolute Gasteiger partial charge is 0.378 e. The normalized spacial score (nSPS) is 26.1. The van der Waals surface area contributed by atoms with Crippen LogP contribution in [-0.2, 0) is 11.2 Å². The maximum atomic E-state index is 12.9. The van der Waals surface area contributed by atoms with Crippen molar-refractivity contribution >= 4 is 11.6 Å². The van der Waals surface area contributed by atoms with Gasteiger partial charge in [0.25, 0.3) is 0 Å². The third-order valence-electron chi connectivity index (χ3n) is 3.46. The second-order valence-electron chi connectivity index (χ2n) is 4.63. The lowest BCUT2D eigenvalue weighted by Gasteiger charge is -2.22. The van der Waals surface area contributed by atoms with E-state index in [1.807, 2.05) is 6.92 Å². The molecule has 0 bridgehead atoms. The molecule has 2 nitrogen and oxygen atoms in total. The van der Waals surface area contributed by atoms with Crippen LogP contribution in [-0.4, -0.2) is 18.8 Å². The Labute approximate surface area is 106 Å². The van der Waals surface area contributed by atoms with E-state index in [0.717, 1.165) is 18.6 Å². The van der Waals surface area contributed by atoms with E-state index < -0.39 is 0 Å². The summed E-state index contributed by atoms with van der Waals surface area (Å²) in [6.07, 6.45) is 1.85. The van der Waals surface area contributed by atoms with Gasteiger partial charge in [0, 0.05) is 23.6 Å². The fourth-order valence-electron chi connectivity index (χ4n) is 2.40. The number of ether oxygens (including phenoxy) is 1. The monoisotopic (exact) mass is 257 g/mol. The van der Waals surface area contributed by atoms with Crippen LogP contribution in [0, 0.1) is 11.7 Å². The van der Waals surface area contributed by atoms with Gasteiger partial charge in [0.05, 0.1) is 6.10 Å². The Morgan fingerprint density at radius 1 is 1.59 bits per heavy atom. The van der Waals surface area contributed by atoms with Crippen LogP contribution in [0.1, 0.15) is 18.9 Å². The molecule has 94 valence electrons. The molecule has 4 heteroatoms. The van der Waals surface area contributed by atoms with Gasteiger partial charge in [-0.15, -0.1) is 0 Å². The second kappa shape index (κ2) is 5.34. The zero-order chi connectivity index (χ0) is 12.4. The molecule has 0 aromatic heterocycles. The van der Waals surface area contributed by atoms with E-state index >= 15 is 0 Å². The van der Waals surface area contributed by atoms with Gasteiger partial charge in [-0.05, 0) is 37.5 Å². The lowest BCUT2D eigenvalue weighted by molar-refractivity contribution is 0.0995. The Morgan fingerprint density at radius 2 is 2.35 bits per heavy atom. The van der Waals surface area contributed by atoms with Crippen molar-refractivity contribution in [3.8, 4) is 0 Å². The number of halogens is 2. The van der Waals surface area contributed by atoms with E-state index in [1.165, 1.54) is 12.1 Å². The number of rotatable bonds is 3. The molecular formula is C13H17ClFNO. The highest BCUT2D eigenvalue weighted by molar-refractivity contribution is 6.31. The number of hydrogen-bond donors (Lipinski definition) is 1. The summed E-state index contributed by atoms with van der Waals surface area (Å²) in [6, 6.07) is 4.47. The van der Waals surface area contributed by atoms with Gasteiger partial charge in [0.1, 0.15) is 5.82 Å². The highest BCUT2D eigenvalue weighted by Crippen LogP contribution is 2.26. The van der Waals surface area contributed by atoms with Crippen molar-refractivity contribution in [3.63, 3.8) is 0 Å². The highest BCUT2D eigenvalue weighted by Gasteiger charge is 2.29. The van der Waals surface area contributed by atoms with E-state index in [1.54, 1.807) is 6.07 Å². The molecule has 1 saturated heterocycles. The van der Waals surface area contributed by atoms with Crippen LogP contribution < -0.4 is 5.73 Å². The minimum absolute atomic E-state index is 0.00969. The van der Waals surface area contributed by atoms with E-state index in [4.69, 9.17) is 22.1 Å². The summed E-state index contributed by atoms with van der Waals surface area (Å²) in [4.78, 5) is 0. The molecule has 0 spiro atoms. The molecule has 3 unspecified atom stereocenters. The van der Waals surface area contributed by atoms with Crippen molar-refractivity contribution in [2.75, 3.05) is 6.61 Å². The molecule has 2 rings (SSSR count). The van der Waals surface area contributed by atoms with Gasteiger partial charge in [-0.3, -0.25) is 0 Å². The minimum Gasteiger partial charge on any atom is -0.378 e. The first-order chi connectivity index (χ1) is 8.08. The van der Waals surface area contributed by atoms with Crippen LogP contribution in [0.25, 0.3) is 0 Å². The molecule has 0 radical (unpaired) electrons. The predicted octanol–water partition coefficient (Wildman–Crippen LogP) is 2.77. The Kier molecular flexibility index (Phi) is 4.02. The summed E-state index contributed by atoms with van der Waals surface area (Å²) < 4.78 is 18.4. The van der Waals surface area contributed by atoms with E-state index in [9.17, 15) is 4.39 Å². The van der Waals surface area contributed by atoms with Crippen molar-refractivity contribution in [2.24, 2.45) is 11.7 Å². The maximum absolute atomic E-state index is 12.9. The van der Waals surface area contributed by atoms with Gasteiger partial charge in [0.2, 0.25) is 0 Å². The average molecular weight is 258 g/mol. The van der Waals surface area contributed by atoms with Gasteiger partial charge in [-0.1, -0.05) is 17.7 Å². The second-order valence-corrected chi connectivity index (χ2v) is 5.04. The van der Waals surface area contributed by atoms with Gasteiger partial charge < -0.3 is 10.5 Å². The summed E-state index contributed by atoms with van der Waals surface area (Å²) in [6.45, 7) is 2.82. The predicted molar refractivity (Wildman–Crippen MR) is 66.6 cm³/mol. The minimum atomic E-state index is -0.315. The molecule has 0 saturated carbocycles. The first-order valence-electron chi connectivity index (χ1n) is 5.89. The summed E-state index contributed by atoms with van der Waals surface area (Å²) >= 11 is 5.99. The summed E-state index contributed by atoms with van der Waals surface area (Å²) in [7, 11) is 0. The van der Waals surface area contributed by atoms with Crippen molar-refractivity contribution in [3.05, 3.63) is 34.6 Å². The smallest absolute Gasteiger partial charge is 0.124 e. The van der Waals surface area contributed by atoms with Crippen molar-refractivity contribution in [1.82, 2.24) is 0 Å². The van der Waals surface area contributed by atoms with Crippen molar-refractivity contribution < 1.29 is 9.13 Å². The summed E-state index contributed by atoms with van der Waals surface area (Å²) in [5.74, 6) is 0.0426. The van der Waals surface area contributed by atoms with Crippen molar-refractivity contribution in [2.45, 2.75) is 31.9 Å². The van der Waals surface area contributed by atoms with E-state index in [0.29, 0.717) is 17.4 Å². The standard InChI is InChI=1S/C13H17ClFNO/c1-8-11(4-5-17-8)13(16)6-9-2-3-10(15)7-12(9)14/h2-3,7-8,11,13H,4-6,16H2,1H3. The zero-order valence-electron chi connectivity index (χ0n) is 9.83. The molecular weight excluding hydrogens is 241 g/mol. The molecule has 1 heterocycles. The molecule has 3 atom stereocenters. The van der Waals surface area contributed by atoms with Crippen LogP contribution in [0.3, 0.4) is 0 Å². The highest BCUT2D eigenvalue weighted by atomic mass is 35.5. The fraction of sp³-hybridized carbons (Fsp3) is 0.538. The summed E-state index contributed by atoms with van der Waals surface area (Å²) in [5.41, 5.74) is 7.08. The lowest BCUT2D eigenvalue weighted by Crippen LogP contribution is -2.36. The maximum Gasteiger partial charge on any atom is 0.124 e. The average Bonchev–Trinajstić information content (AvgIpc) is 2.68. The molecule has 0 amide bonds. The van der Waals surface area contributed by atoms with Gasteiger partial charge in [-0.2, -0.15) is 0 Å². The van der Waals surface area contributed by atoms with Crippen LogP contribution in [0.4, 0.5) is 4.39 Å². The summed E-state index contributed by atoms with van der Waals surface area (Å²) in [5, 5.41) is 0.451. The third-order valence-corrected chi connectivity index (χ3v) is 3.81. The molecule has 1 fully saturated rings. The molecule has 1 aliphatic rings. The van der Waals surface area contributed by atoms with Crippen molar-refractivity contribution in [1.29, 1.82) is 0 Å². The van der Waals surface area contributed by atoms with Gasteiger partial charge in [-0.25, -0.2) is 4.39 Å². The molecule has 0 aliphatic carbocycles. The van der Waals surface area contributed by atoms with Crippen LogP contribution in [0.15, 0.2) is 18.2 Å². The quantitative estimate of drug-likeness (QED) is 0.904. The molecule has 17 heavy (non-hydrogen) atoms. The molecule has 1 aromatic rings. The number of hydrogen-bond acceptors (Lipinski definition) is 2. The first-order valence-corrected chi connectivity index (χ1v) is 6.27. The van der Waals surface area contributed by atoms with E-state index in [2.05, 4.69) is 0 Å². The van der Waals surface area contributed by atoms with Crippen LogP contribution in [0.5, 0.6) is 0 Å². The van der Waals surface area contributed by atoms with Crippen LogP contribution in [0.2, 0.25) is 5.02 Å². The first kappa shape index (κ1) is 12.8. The Balaban J connectivity index is 2.04. The third kappa shape index (κ3) is 2.97. The topological polar surface area (TPSA) is 35.2 Å². The Hall–Kier alpha value is -0.640. The lowest BCUT2D eigenvalue weighted by atomic mass is 9.89. The Bertz CT molecular complexity index is 399. The number of benzene rings is 1. The van der Waals surface area contributed by atoms with Crippen LogP contribution >= 0.6 is 11.6 Å². The van der Waals surface area contributed by atoms with E-state index in [-0.39, 0.29) is 18.0 Å². The molecule has 1 aliphatic heterocycles. The van der Waals surface area contributed by atoms with Gasteiger partial charge >= 0.3 is 0 Å². The van der Waals surface area contributed by atoms with Gasteiger partial charge in [0.15, 0.2) is 0 Å².